The molecule has 110 valence electrons. The number of aliphatic carboxylic acids is 1. The van der Waals surface area contributed by atoms with Gasteiger partial charge in [-0.2, -0.15) is 0 Å². The number of carboxylic acid groups (broad SMARTS) is 1. The maximum absolute atomic E-state index is 10.7. The Balaban J connectivity index is 2.10. The average Bonchev–Trinajstić information content (AvgIpc) is 2.47. The topological polar surface area (TPSA) is 40.5 Å². The van der Waals surface area contributed by atoms with Gasteiger partial charge in [-0.05, 0) is 36.2 Å². The zero-order valence-electron chi connectivity index (χ0n) is 11.7. The molecule has 0 atom stereocenters. The molecule has 0 saturated carbocycles. The molecular weight excluding hydrogens is 286 g/mol. The van der Waals surface area contributed by atoms with E-state index in [2.05, 4.69) is 4.90 Å². The van der Waals surface area contributed by atoms with Crippen LogP contribution in [0.15, 0.2) is 54.6 Å². The van der Waals surface area contributed by atoms with Crippen molar-refractivity contribution in [1.29, 1.82) is 0 Å². The minimum Gasteiger partial charge on any atom is -0.481 e. The van der Waals surface area contributed by atoms with Gasteiger partial charge in [0.15, 0.2) is 0 Å². The van der Waals surface area contributed by atoms with Gasteiger partial charge < -0.3 is 10.0 Å². The highest BCUT2D eigenvalue weighted by Gasteiger charge is 2.08. The summed E-state index contributed by atoms with van der Waals surface area (Å²) in [4.78, 5) is 12.9. The summed E-state index contributed by atoms with van der Waals surface area (Å²) in [5.74, 6) is -0.759. The van der Waals surface area contributed by atoms with Crippen LogP contribution in [0.5, 0.6) is 0 Å². The van der Waals surface area contributed by atoms with Crippen molar-refractivity contribution in [3.63, 3.8) is 0 Å². The lowest BCUT2D eigenvalue weighted by Crippen LogP contribution is -2.24. The molecule has 0 heterocycles. The van der Waals surface area contributed by atoms with E-state index >= 15 is 0 Å². The first-order valence-electron chi connectivity index (χ1n) is 6.91. The Hall–Kier alpha value is -2.00. The monoisotopic (exact) mass is 303 g/mol. The summed E-state index contributed by atoms with van der Waals surface area (Å²) >= 11 is 6.02. The highest BCUT2D eigenvalue weighted by molar-refractivity contribution is 6.30. The van der Waals surface area contributed by atoms with Crippen LogP contribution >= 0.6 is 11.6 Å². The van der Waals surface area contributed by atoms with Crippen LogP contribution in [-0.2, 0) is 11.3 Å². The van der Waals surface area contributed by atoms with Crippen LogP contribution in [0.4, 0.5) is 5.69 Å². The quantitative estimate of drug-likeness (QED) is 0.833. The van der Waals surface area contributed by atoms with Gasteiger partial charge in [0.2, 0.25) is 0 Å². The van der Waals surface area contributed by atoms with Crippen LogP contribution in [-0.4, -0.2) is 17.6 Å². The molecule has 21 heavy (non-hydrogen) atoms. The van der Waals surface area contributed by atoms with E-state index in [1.807, 2.05) is 54.6 Å². The maximum Gasteiger partial charge on any atom is 0.303 e. The molecule has 0 bridgehead atoms. The summed E-state index contributed by atoms with van der Waals surface area (Å²) in [6.07, 6.45) is 0.795. The average molecular weight is 304 g/mol. The Labute approximate surface area is 129 Å². The summed E-state index contributed by atoms with van der Waals surface area (Å²) < 4.78 is 0. The minimum atomic E-state index is -0.759. The van der Waals surface area contributed by atoms with Crippen molar-refractivity contribution in [2.75, 3.05) is 11.4 Å². The maximum atomic E-state index is 10.7. The molecule has 0 spiro atoms. The van der Waals surface area contributed by atoms with Gasteiger partial charge in [-0.15, -0.1) is 0 Å². The smallest absolute Gasteiger partial charge is 0.303 e. The number of hydrogen-bond donors (Lipinski definition) is 1. The van der Waals surface area contributed by atoms with E-state index in [9.17, 15) is 4.79 Å². The van der Waals surface area contributed by atoms with E-state index in [0.29, 0.717) is 24.5 Å². The molecule has 0 radical (unpaired) electrons. The molecule has 3 nitrogen and oxygen atoms in total. The standard InChI is InChI=1S/C17H18ClNO2/c18-15-7-4-6-14(12-15)13-19(11-5-10-17(20)21)16-8-2-1-3-9-16/h1-4,6-9,12H,5,10-11,13H2,(H,20,21). The Morgan fingerprint density at radius 2 is 1.86 bits per heavy atom. The van der Waals surface area contributed by atoms with E-state index in [4.69, 9.17) is 16.7 Å². The summed E-state index contributed by atoms with van der Waals surface area (Å²) in [7, 11) is 0. The Morgan fingerprint density at radius 3 is 2.52 bits per heavy atom. The van der Waals surface area contributed by atoms with Gasteiger partial charge in [-0.1, -0.05) is 41.9 Å². The number of hydrogen-bond acceptors (Lipinski definition) is 2. The second-order valence-corrected chi connectivity index (χ2v) is 5.32. The van der Waals surface area contributed by atoms with Crippen molar-refractivity contribution in [1.82, 2.24) is 0 Å². The van der Waals surface area contributed by atoms with E-state index in [1.165, 1.54) is 0 Å². The summed E-state index contributed by atoms with van der Waals surface area (Å²) in [5, 5.41) is 9.50. The zero-order valence-corrected chi connectivity index (χ0v) is 12.5. The van der Waals surface area contributed by atoms with Crippen molar-refractivity contribution in [3.05, 3.63) is 65.2 Å². The summed E-state index contributed by atoms with van der Waals surface area (Å²) in [6, 6.07) is 17.7. The van der Waals surface area contributed by atoms with Crippen molar-refractivity contribution < 1.29 is 9.90 Å². The van der Waals surface area contributed by atoms with Crippen LogP contribution in [0, 0.1) is 0 Å². The first kappa shape index (κ1) is 15.4. The number of benzene rings is 2. The van der Waals surface area contributed by atoms with Crippen molar-refractivity contribution in [2.45, 2.75) is 19.4 Å². The van der Waals surface area contributed by atoms with E-state index in [1.54, 1.807) is 0 Å². The fourth-order valence-corrected chi connectivity index (χ4v) is 2.43. The highest BCUT2D eigenvalue weighted by Crippen LogP contribution is 2.19. The molecular formula is C17H18ClNO2. The Morgan fingerprint density at radius 1 is 1.10 bits per heavy atom. The number of anilines is 1. The third-order valence-electron chi connectivity index (χ3n) is 3.20. The zero-order chi connectivity index (χ0) is 15.1. The predicted octanol–water partition coefficient (Wildman–Crippen LogP) is 4.21. The van der Waals surface area contributed by atoms with Crippen molar-refractivity contribution >= 4 is 23.3 Å². The van der Waals surface area contributed by atoms with Gasteiger partial charge in [-0.25, -0.2) is 0 Å². The van der Waals surface area contributed by atoms with Crippen molar-refractivity contribution in [3.8, 4) is 0 Å². The van der Waals surface area contributed by atoms with E-state index in [-0.39, 0.29) is 6.42 Å². The largest absolute Gasteiger partial charge is 0.481 e. The van der Waals surface area contributed by atoms with Gasteiger partial charge in [0, 0.05) is 30.2 Å². The lowest BCUT2D eigenvalue weighted by Gasteiger charge is -2.25. The molecule has 0 aliphatic carbocycles. The summed E-state index contributed by atoms with van der Waals surface area (Å²) in [6.45, 7) is 1.41. The number of para-hydroxylation sites is 1. The lowest BCUT2D eigenvalue weighted by molar-refractivity contribution is -0.137. The van der Waals surface area contributed by atoms with Crippen LogP contribution in [0.2, 0.25) is 5.02 Å². The molecule has 2 aromatic carbocycles. The SMILES string of the molecule is O=C(O)CCCN(Cc1cccc(Cl)c1)c1ccccc1. The molecule has 4 heteroatoms. The summed E-state index contributed by atoms with van der Waals surface area (Å²) in [5.41, 5.74) is 2.20. The molecule has 2 rings (SSSR count). The molecule has 0 unspecified atom stereocenters. The number of rotatable bonds is 7. The van der Waals surface area contributed by atoms with Gasteiger partial charge in [-0.3, -0.25) is 4.79 Å². The first-order chi connectivity index (χ1) is 10.1. The van der Waals surface area contributed by atoms with Crippen LogP contribution < -0.4 is 4.90 Å². The minimum absolute atomic E-state index is 0.179. The lowest BCUT2D eigenvalue weighted by atomic mass is 10.1. The normalized spacial score (nSPS) is 10.3. The molecule has 0 aromatic heterocycles. The number of nitrogens with zero attached hydrogens (tertiary/aromatic N) is 1. The molecule has 0 aliphatic rings. The van der Waals surface area contributed by atoms with E-state index < -0.39 is 5.97 Å². The van der Waals surface area contributed by atoms with Crippen molar-refractivity contribution in [2.24, 2.45) is 0 Å². The second-order valence-electron chi connectivity index (χ2n) is 4.88. The number of carbonyl (C=O) groups is 1. The van der Waals surface area contributed by atoms with Gasteiger partial charge >= 0.3 is 5.97 Å². The second kappa shape index (κ2) is 7.70. The number of carboxylic acids is 1. The molecule has 1 N–H and O–H groups in total. The Kier molecular flexibility index (Phi) is 5.64. The molecule has 0 amide bonds. The van der Waals surface area contributed by atoms with Gasteiger partial charge in [0.05, 0.1) is 0 Å². The van der Waals surface area contributed by atoms with Crippen LogP contribution in [0.25, 0.3) is 0 Å². The third-order valence-corrected chi connectivity index (χ3v) is 3.44. The van der Waals surface area contributed by atoms with Gasteiger partial charge in [0.25, 0.3) is 0 Å². The molecule has 0 saturated heterocycles. The van der Waals surface area contributed by atoms with Crippen LogP contribution in [0.3, 0.4) is 0 Å². The third kappa shape index (κ3) is 5.12. The fraction of sp³-hybridized carbons (Fsp3) is 0.235. The molecule has 0 fully saturated rings. The van der Waals surface area contributed by atoms with Crippen LogP contribution in [0.1, 0.15) is 18.4 Å². The first-order valence-corrected chi connectivity index (χ1v) is 7.29. The van der Waals surface area contributed by atoms with Gasteiger partial charge in [0.1, 0.15) is 0 Å². The molecule has 0 aliphatic heterocycles. The Bertz CT molecular complexity index is 586. The number of halogens is 1. The molecule has 2 aromatic rings. The van der Waals surface area contributed by atoms with E-state index in [0.717, 1.165) is 11.3 Å². The highest BCUT2D eigenvalue weighted by atomic mass is 35.5. The predicted molar refractivity (Wildman–Crippen MR) is 85.8 cm³/mol. The fourth-order valence-electron chi connectivity index (χ4n) is 2.22.